The van der Waals surface area contributed by atoms with Crippen molar-refractivity contribution in [2.75, 3.05) is 5.32 Å². The third kappa shape index (κ3) is 4.40. The number of nitrogens with two attached hydrogens (primary N) is 1. The number of hydrogen-bond acceptors (Lipinski definition) is 6. The summed E-state index contributed by atoms with van der Waals surface area (Å²) in [6, 6.07) is 1.13. The van der Waals surface area contributed by atoms with Crippen molar-refractivity contribution in [3.05, 3.63) is 34.2 Å². The number of fused-ring (bicyclic) bond motifs is 1. The molecule has 1 atom stereocenters. The molecule has 0 unspecified atom stereocenters. The number of nitrogens with zero attached hydrogens (tertiary/aromatic N) is 3. The van der Waals surface area contributed by atoms with Crippen molar-refractivity contribution in [2.24, 2.45) is 9.50 Å². The van der Waals surface area contributed by atoms with Gasteiger partial charge < -0.3 is 10.4 Å². The molecule has 3 rings (SSSR count). The van der Waals surface area contributed by atoms with Gasteiger partial charge in [-0.05, 0) is 50.7 Å². The molecule has 1 aliphatic rings. The Hall–Kier alpha value is -1.88. The highest BCUT2D eigenvalue weighted by molar-refractivity contribution is 7.93. The van der Waals surface area contributed by atoms with Gasteiger partial charge >= 0.3 is 6.03 Å². The van der Waals surface area contributed by atoms with Crippen LogP contribution < -0.4 is 10.5 Å². The van der Waals surface area contributed by atoms with Crippen LogP contribution in [0, 0.1) is 0 Å². The van der Waals surface area contributed by atoms with Gasteiger partial charge in [0.15, 0.2) is 9.92 Å². The second kappa shape index (κ2) is 7.51. The first-order valence-electron chi connectivity index (χ1n) is 9.04. The Kier molecular flexibility index (Phi) is 5.59. The molecule has 2 amide bonds. The van der Waals surface area contributed by atoms with Crippen molar-refractivity contribution in [1.29, 1.82) is 0 Å². The second-order valence-corrected chi connectivity index (χ2v) is 10.7. The van der Waals surface area contributed by atoms with Crippen LogP contribution >= 0.6 is 11.3 Å². The van der Waals surface area contributed by atoms with E-state index in [9.17, 15) is 14.1 Å². The molecule has 0 radical (unpaired) electrons. The third-order valence-corrected chi connectivity index (χ3v) is 7.57. The fraction of sp³-hybridized carbons (Fsp3) is 0.500. The summed E-state index contributed by atoms with van der Waals surface area (Å²) in [6.45, 7) is 7.12. The standard InChI is InChI=1S/C18H25N5O3S2/c1-10(2)15-13(8-11-6-5-7-12(11)21-15)22-17(24)23-28(19,26)14-9-20-16(27-14)18(3,4)25/h8-10,25H,5-7H2,1-4H3,(H3,19,22,23,24,26)/t28-/m0/s1. The lowest BCUT2D eigenvalue weighted by atomic mass is 10.1. The summed E-state index contributed by atoms with van der Waals surface area (Å²) in [4.78, 5) is 21.2. The first-order chi connectivity index (χ1) is 13.0. The number of aromatic nitrogens is 2. The number of rotatable bonds is 4. The van der Waals surface area contributed by atoms with Crippen LogP contribution in [0.15, 0.2) is 20.8 Å². The molecule has 8 nitrogen and oxygen atoms in total. The zero-order valence-electron chi connectivity index (χ0n) is 16.4. The van der Waals surface area contributed by atoms with Gasteiger partial charge in [-0.2, -0.15) is 0 Å². The Morgan fingerprint density at radius 1 is 1.43 bits per heavy atom. The summed E-state index contributed by atoms with van der Waals surface area (Å²) < 4.78 is 16.6. The quantitative estimate of drug-likeness (QED) is 0.694. The highest BCUT2D eigenvalue weighted by Crippen LogP contribution is 2.30. The average Bonchev–Trinajstić information content (AvgIpc) is 3.22. The maximum atomic E-state index is 12.8. The predicted octanol–water partition coefficient (Wildman–Crippen LogP) is 3.31. The number of nitrogens with one attached hydrogen (secondary N) is 1. The largest absolute Gasteiger partial charge is 0.383 e. The summed E-state index contributed by atoms with van der Waals surface area (Å²) in [5.74, 6) is 0.110. The van der Waals surface area contributed by atoms with Crippen LogP contribution in [0.5, 0.6) is 0 Å². The third-order valence-electron chi connectivity index (χ3n) is 4.38. The van der Waals surface area contributed by atoms with E-state index in [1.165, 1.54) is 6.20 Å². The van der Waals surface area contributed by atoms with E-state index < -0.39 is 21.5 Å². The number of hydrogen-bond donors (Lipinski definition) is 3. The van der Waals surface area contributed by atoms with Gasteiger partial charge in [-0.1, -0.05) is 13.8 Å². The molecule has 10 heteroatoms. The van der Waals surface area contributed by atoms with E-state index >= 15 is 0 Å². The van der Waals surface area contributed by atoms with Crippen LogP contribution in [-0.4, -0.2) is 25.3 Å². The van der Waals surface area contributed by atoms with Gasteiger partial charge in [-0.15, -0.1) is 15.7 Å². The van der Waals surface area contributed by atoms with Gasteiger partial charge in [-0.3, -0.25) is 4.98 Å². The summed E-state index contributed by atoms with van der Waals surface area (Å²) in [7, 11) is -3.48. The van der Waals surface area contributed by atoms with E-state index in [-0.39, 0.29) is 10.1 Å². The Bertz CT molecular complexity index is 1030. The Morgan fingerprint density at radius 2 is 2.14 bits per heavy atom. The number of aryl methyl sites for hydroxylation is 2. The number of carbonyl (C=O) groups excluding carboxylic acids is 1. The first kappa shape index (κ1) is 20.8. The monoisotopic (exact) mass is 423 g/mol. The van der Waals surface area contributed by atoms with Gasteiger partial charge in [0.2, 0.25) is 0 Å². The van der Waals surface area contributed by atoms with E-state index in [0.29, 0.717) is 10.7 Å². The molecular weight excluding hydrogens is 398 g/mol. The topological polar surface area (TPSA) is 131 Å². The van der Waals surface area contributed by atoms with Crippen LogP contribution in [-0.2, 0) is 28.4 Å². The molecular formula is C18H25N5O3S2. The van der Waals surface area contributed by atoms with E-state index in [4.69, 9.17) is 10.1 Å². The molecule has 4 N–H and O–H groups in total. The smallest absolute Gasteiger partial charge is 0.354 e. The molecule has 2 aromatic rings. The predicted molar refractivity (Wildman–Crippen MR) is 110 cm³/mol. The van der Waals surface area contributed by atoms with Crippen LogP contribution in [0.1, 0.15) is 62.0 Å². The molecule has 0 saturated heterocycles. The number of urea groups is 1. The fourth-order valence-corrected chi connectivity index (χ4v) is 5.07. The number of carbonyl (C=O) groups is 1. The van der Waals surface area contributed by atoms with E-state index in [1.807, 2.05) is 19.9 Å². The number of aliphatic hydroxyl groups is 1. The van der Waals surface area contributed by atoms with Gasteiger partial charge in [0, 0.05) is 5.69 Å². The molecule has 152 valence electrons. The van der Waals surface area contributed by atoms with Gasteiger partial charge in [0.25, 0.3) is 0 Å². The summed E-state index contributed by atoms with van der Waals surface area (Å²) in [5.41, 5.74) is 2.34. The number of thiazole rings is 1. The van der Waals surface area contributed by atoms with Crippen LogP contribution in [0.2, 0.25) is 0 Å². The molecule has 0 aliphatic heterocycles. The summed E-state index contributed by atoms with van der Waals surface area (Å²) in [5, 5.41) is 18.9. The van der Waals surface area contributed by atoms with Gasteiger partial charge in [-0.25, -0.2) is 19.1 Å². The molecule has 0 aromatic carbocycles. The SMILES string of the molecule is CC(C)c1nc2c(cc1NC(=O)N=[S@](N)(=O)c1cnc(C(C)(C)O)s1)CCC2. The van der Waals surface area contributed by atoms with Crippen molar-refractivity contribution in [3.8, 4) is 0 Å². The van der Waals surface area contributed by atoms with Gasteiger partial charge in [0.05, 0.1) is 17.6 Å². The molecule has 2 aromatic heterocycles. The van der Waals surface area contributed by atoms with E-state index in [2.05, 4.69) is 14.7 Å². The highest BCUT2D eigenvalue weighted by Gasteiger charge is 2.24. The number of anilines is 1. The zero-order chi connectivity index (χ0) is 20.7. The Morgan fingerprint density at radius 3 is 2.75 bits per heavy atom. The van der Waals surface area contributed by atoms with E-state index in [0.717, 1.165) is 47.6 Å². The van der Waals surface area contributed by atoms with Crippen LogP contribution in [0.4, 0.5) is 10.5 Å². The van der Waals surface area contributed by atoms with E-state index in [1.54, 1.807) is 13.8 Å². The molecule has 28 heavy (non-hydrogen) atoms. The maximum Gasteiger partial charge on any atom is 0.354 e. The Labute approximate surface area is 168 Å². The second-order valence-electron chi connectivity index (χ2n) is 7.67. The van der Waals surface area contributed by atoms with Crippen molar-refractivity contribution in [1.82, 2.24) is 9.97 Å². The van der Waals surface area contributed by atoms with Crippen molar-refractivity contribution in [3.63, 3.8) is 0 Å². The maximum absolute atomic E-state index is 12.8. The fourth-order valence-electron chi connectivity index (χ4n) is 3.01. The number of amides is 2. The van der Waals surface area contributed by atoms with Crippen LogP contribution in [0.3, 0.4) is 0 Å². The zero-order valence-corrected chi connectivity index (χ0v) is 18.0. The molecule has 1 aliphatic carbocycles. The summed E-state index contributed by atoms with van der Waals surface area (Å²) >= 11 is 0.972. The lowest BCUT2D eigenvalue weighted by Gasteiger charge is -2.14. The first-order valence-corrected chi connectivity index (χ1v) is 11.4. The lowest BCUT2D eigenvalue weighted by molar-refractivity contribution is 0.0783. The molecule has 0 bridgehead atoms. The molecule has 0 spiro atoms. The van der Waals surface area contributed by atoms with Crippen molar-refractivity contribution < 1.29 is 14.1 Å². The molecule has 0 saturated carbocycles. The van der Waals surface area contributed by atoms with Gasteiger partial charge in [0.1, 0.15) is 14.8 Å². The lowest BCUT2D eigenvalue weighted by Crippen LogP contribution is -2.18. The summed E-state index contributed by atoms with van der Waals surface area (Å²) in [6.07, 6.45) is 4.20. The minimum Gasteiger partial charge on any atom is -0.383 e. The number of pyridine rings is 1. The highest BCUT2D eigenvalue weighted by atomic mass is 32.2. The average molecular weight is 424 g/mol. The molecule has 2 heterocycles. The van der Waals surface area contributed by atoms with Crippen molar-refractivity contribution >= 4 is 33.0 Å². The normalized spacial score (nSPS) is 16.0. The minimum absolute atomic E-state index is 0.110. The minimum atomic E-state index is -3.48. The van der Waals surface area contributed by atoms with Crippen LogP contribution in [0.25, 0.3) is 0 Å². The molecule has 0 fully saturated rings. The Balaban J connectivity index is 1.89. The van der Waals surface area contributed by atoms with Crippen molar-refractivity contribution in [2.45, 2.75) is 62.7 Å².